The molecule has 0 saturated heterocycles. The summed E-state index contributed by atoms with van der Waals surface area (Å²) in [5.74, 6) is 0.934. The maximum Gasteiger partial charge on any atom is 0.326 e. The summed E-state index contributed by atoms with van der Waals surface area (Å²) in [6.07, 6.45) is 1.15. The molecule has 0 spiro atoms. The van der Waals surface area contributed by atoms with Crippen molar-refractivity contribution in [3.8, 4) is 5.75 Å². The molecule has 0 radical (unpaired) electrons. The van der Waals surface area contributed by atoms with Crippen molar-refractivity contribution >= 4 is 41.4 Å². The molecule has 27 heavy (non-hydrogen) atoms. The van der Waals surface area contributed by atoms with Crippen LogP contribution in [0.4, 0.5) is 22.2 Å². The van der Waals surface area contributed by atoms with Crippen LogP contribution < -0.4 is 20.7 Å². The van der Waals surface area contributed by atoms with Crippen LogP contribution in [0, 0.1) is 6.92 Å². The fourth-order valence-electron chi connectivity index (χ4n) is 2.20. The highest BCUT2D eigenvalue weighted by molar-refractivity contribution is 6.32. The highest BCUT2D eigenvalue weighted by Crippen LogP contribution is 2.30. The summed E-state index contributed by atoms with van der Waals surface area (Å²) < 4.78 is 5.05. The van der Waals surface area contributed by atoms with Crippen LogP contribution in [0.5, 0.6) is 5.75 Å². The number of rotatable bonds is 8. The van der Waals surface area contributed by atoms with Crippen molar-refractivity contribution in [3.63, 3.8) is 0 Å². The van der Waals surface area contributed by atoms with Crippen molar-refractivity contribution < 1.29 is 19.4 Å². The summed E-state index contributed by atoms with van der Waals surface area (Å²) in [5.41, 5.74) is 1.08. The highest BCUT2D eigenvalue weighted by atomic mass is 35.5. The highest BCUT2D eigenvalue weighted by Gasteiger charge is 2.13. The van der Waals surface area contributed by atoms with Crippen LogP contribution in [0.25, 0.3) is 0 Å². The molecule has 2 amide bonds. The maximum atomic E-state index is 12.3. The predicted molar refractivity (Wildman–Crippen MR) is 103 cm³/mol. The smallest absolute Gasteiger partial charge is 0.326 e. The van der Waals surface area contributed by atoms with Crippen molar-refractivity contribution in [3.05, 3.63) is 34.5 Å². The number of ether oxygens (including phenoxy) is 1. The van der Waals surface area contributed by atoms with Crippen LogP contribution in [-0.2, 0) is 0 Å². The minimum Gasteiger partial charge on any atom is -0.495 e. The van der Waals surface area contributed by atoms with Gasteiger partial charge in [0.15, 0.2) is 6.29 Å². The van der Waals surface area contributed by atoms with E-state index in [1.807, 2.05) is 0 Å². The Balaban J connectivity index is 2.12. The second-order valence-corrected chi connectivity index (χ2v) is 5.90. The molecule has 2 rings (SSSR count). The Labute approximate surface area is 161 Å². The number of aliphatic hydroxyl groups is 1. The minimum absolute atomic E-state index is 0.0636. The molecule has 1 heterocycles. The molecule has 1 aromatic carbocycles. The predicted octanol–water partition coefficient (Wildman–Crippen LogP) is 2.70. The van der Waals surface area contributed by atoms with E-state index in [2.05, 4.69) is 25.9 Å². The molecule has 9 nitrogen and oxygen atoms in total. The summed E-state index contributed by atoms with van der Waals surface area (Å²) in [6.45, 7) is 2.36. The monoisotopic (exact) mass is 393 g/mol. The van der Waals surface area contributed by atoms with Gasteiger partial charge in [0.05, 0.1) is 17.8 Å². The Bertz CT molecular complexity index is 831. The van der Waals surface area contributed by atoms with Crippen LogP contribution in [0.2, 0.25) is 5.02 Å². The number of halogens is 1. The number of hydrogen-bond donors (Lipinski definition) is 4. The van der Waals surface area contributed by atoms with E-state index in [1.54, 1.807) is 13.0 Å². The topological polar surface area (TPSA) is 125 Å². The number of urea groups is 1. The molecule has 0 bridgehead atoms. The number of anilines is 3. The number of carbonyl (C=O) groups is 2. The molecule has 4 N–H and O–H groups in total. The molecular formula is C17H20ClN5O4. The Morgan fingerprint density at radius 2 is 2.07 bits per heavy atom. The summed E-state index contributed by atoms with van der Waals surface area (Å²) in [7, 11) is 1.43. The third-order valence-electron chi connectivity index (χ3n) is 3.42. The van der Waals surface area contributed by atoms with Crippen molar-refractivity contribution in [2.75, 3.05) is 36.2 Å². The lowest BCUT2D eigenvalue weighted by Gasteiger charge is -2.12. The van der Waals surface area contributed by atoms with Gasteiger partial charge in [-0.05, 0) is 25.5 Å². The van der Waals surface area contributed by atoms with E-state index >= 15 is 0 Å². The van der Waals surface area contributed by atoms with Crippen LogP contribution in [0.1, 0.15) is 22.5 Å². The lowest BCUT2D eigenvalue weighted by molar-refractivity contribution is 0.112. The molecule has 0 unspecified atom stereocenters. The quantitative estimate of drug-likeness (QED) is 0.401. The van der Waals surface area contributed by atoms with Gasteiger partial charge in [-0.1, -0.05) is 11.6 Å². The zero-order valence-corrected chi connectivity index (χ0v) is 15.6. The third kappa shape index (κ3) is 5.80. The molecule has 0 aliphatic carbocycles. The van der Waals surface area contributed by atoms with Gasteiger partial charge in [-0.2, -0.15) is 4.98 Å². The lowest BCUT2D eigenvalue weighted by Crippen LogP contribution is -2.22. The molecule has 144 valence electrons. The molecule has 10 heteroatoms. The average molecular weight is 394 g/mol. The zero-order valence-electron chi connectivity index (χ0n) is 14.9. The fraction of sp³-hybridized carbons (Fsp3) is 0.294. The minimum atomic E-state index is -0.633. The van der Waals surface area contributed by atoms with Gasteiger partial charge >= 0.3 is 6.03 Å². The Morgan fingerprint density at radius 1 is 1.30 bits per heavy atom. The molecule has 0 saturated carbocycles. The van der Waals surface area contributed by atoms with E-state index in [-0.39, 0.29) is 28.8 Å². The van der Waals surface area contributed by atoms with Crippen molar-refractivity contribution in [2.24, 2.45) is 0 Å². The van der Waals surface area contributed by atoms with Crippen molar-refractivity contribution in [1.29, 1.82) is 0 Å². The first-order chi connectivity index (χ1) is 13.0. The number of benzene rings is 1. The van der Waals surface area contributed by atoms with Crippen molar-refractivity contribution in [1.82, 2.24) is 9.97 Å². The summed E-state index contributed by atoms with van der Waals surface area (Å²) >= 11 is 6.04. The van der Waals surface area contributed by atoms with Crippen LogP contribution in [-0.4, -0.2) is 47.7 Å². The SMILES string of the molecule is COc1cc(C=O)c(NC(=O)Nc2nc(C)cc(NCCCO)n2)cc1Cl. The van der Waals surface area contributed by atoms with Gasteiger partial charge in [0.1, 0.15) is 11.6 Å². The number of aliphatic hydroxyl groups excluding tert-OH is 1. The van der Waals surface area contributed by atoms with Crippen LogP contribution in [0.3, 0.4) is 0 Å². The van der Waals surface area contributed by atoms with Gasteiger partial charge in [0, 0.05) is 30.5 Å². The van der Waals surface area contributed by atoms with E-state index in [1.165, 1.54) is 19.2 Å². The van der Waals surface area contributed by atoms with Gasteiger partial charge in [-0.15, -0.1) is 0 Å². The van der Waals surface area contributed by atoms with Gasteiger partial charge in [-0.25, -0.2) is 9.78 Å². The van der Waals surface area contributed by atoms with Gasteiger partial charge in [-0.3, -0.25) is 10.1 Å². The van der Waals surface area contributed by atoms with E-state index in [0.717, 1.165) is 0 Å². The Hall–Kier alpha value is -2.91. The van der Waals surface area contributed by atoms with Crippen molar-refractivity contribution in [2.45, 2.75) is 13.3 Å². The molecule has 0 aliphatic rings. The molecule has 2 aromatic rings. The Morgan fingerprint density at radius 3 is 2.74 bits per heavy atom. The number of nitrogens with zero attached hydrogens (tertiary/aromatic N) is 2. The second kappa shape index (κ2) is 9.70. The molecule has 0 atom stereocenters. The number of aromatic nitrogens is 2. The number of methoxy groups -OCH3 is 1. The van der Waals surface area contributed by atoms with E-state index in [4.69, 9.17) is 21.4 Å². The lowest BCUT2D eigenvalue weighted by atomic mass is 10.2. The number of amides is 2. The van der Waals surface area contributed by atoms with Crippen LogP contribution >= 0.6 is 11.6 Å². The van der Waals surface area contributed by atoms with Crippen LogP contribution in [0.15, 0.2) is 18.2 Å². The maximum absolute atomic E-state index is 12.3. The first kappa shape index (κ1) is 20.4. The summed E-state index contributed by atoms with van der Waals surface area (Å²) in [4.78, 5) is 31.8. The van der Waals surface area contributed by atoms with Gasteiger partial charge in [0.25, 0.3) is 0 Å². The summed E-state index contributed by atoms with van der Waals surface area (Å²) in [5, 5.41) is 17.2. The number of carbonyl (C=O) groups excluding carboxylic acids is 2. The zero-order chi connectivity index (χ0) is 19.8. The summed E-state index contributed by atoms with van der Waals surface area (Å²) in [6, 6.07) is 3.93. The molecular weight excluding hydrogens is 374 g/mol. The number of aldehydes is 1. The standard InChI is InChI=1S/C17H20ClN5O4/c1-10-6-15(19-4-3-5-24)22-16(20-10)23-17(26)21-13-8-12(18)14(27-2)7-11(13)9-25/h6-9,24H,3-5H2,1-2H3,(H3,19,20,21,22,23,26). The number of nitrogens with one attached hydrogen (secondary N) is 3. The first-order valence-corrected chi connectivity index (χ1v) is 8.45. The average Bonchev–Trinajstić information content (AvgIpc) is 2.61. The largest absolute Gasteiger partial charge is 0.495 e. The van der Waals surface area contributed by atoms with E-state index < -0.39 is 6.03 Å². The molecule has 0 aliphatic heterocycles. The molecule has 0 fully saturated rings. The molecule has 1 aromatic heterocycles. The number of hydrogen-bond acceptors (Lipinski definition) is 7. The fourth-order valence-corrected chi connectivity index (χ4v) is 2.44. The van der Waals surface area contributed by atoms with Gasteiger partial charge < -0.3 is 20.5 Å². The second-order valence-electron chi connectivity index (χ2n) is 5.49. The normalized spacial score (nSPS) is 10.2. The van der Waals surface area contributed by atoms with Gasteiger partial charge in [0.2, 0.25) is 5.95 Å². The number of aryl methyl sites for hydroxylation is 1. The Kier molecular flexibility index (Phi) is 7.33. The van der Waals surface area contributed by atoms with E-state index in [0.29, 0.717) is 36.5 Å². The first-order valence-electron chi connectivity index (χ1n) is 8.08. The third-order valence-corrected chi connectivity index (χ3v) is 3.72. The van der Waals surface area contributed by atoms with E-state index in [9.17, 15) is 9.59 Å².